The zero-order valence-electron chi connectivity index (χ0n) is 14.4. The van der Waals surface area contributed by atoms with Gasteiger partial charge in [-0.3, -0.25) is 9.59 Å². The van der Waals surface area contributed by atoms with E-state index in [1.165, 1.54) is 0 Å². The maximum absolute atomic E-state index is 12.6. The van der Waals surface area contributed by atoms with Gasteiger partial charge in [0, 0.05) is 29.9 Å². The van der Waals surface area contributed by atoms with Crippen molar-refractivity contribution in [2.75, 3.05) is 18.4 Å². The second-order valence-corrected chi connectivity index (χ2v) is 6.36. The molecule has 2 amide bonds. The first-order valence-electron chi connectivity index (χ1n) is 8.44. The van der Waals surface area contributed by atoms with Gasteiger partial charge in [-0.1, -0.05) is 18.2 Å². The third kappa shape index (κ3) is 4.25. The van der Waals surface area contributed by atoms with Crippen molar-refractivity contribution in [2.45, 2.75) is 26.1 Å². The molecule has 2 aromatic carbocycles. The van der Waals surface area contributed by atoms with Gasteiger partial charge in [-0.05, 0) is 50.2 Å². The highest BCUT2D eigenvalue weighted by atomic mass is 16.5. The highest BCUT2D eigenvalue weighted by molar-refractivity contribution is 6.04. The summed E-state index contributed by atoms with van der Waals surface area (Å²) in [6.07, 6.45) is 0.0780. The number of hydrogen-bond donors (Lipinski definition) is 1. The molecule has 1 heterocycles. The van der Waals surface area contributed by atoms with Crippen LogP contribution in [-0.2, 0) is 4.74 Å². The molecule has 2 atom stereocenters. The standard InChI is InChI=1S/C20H22N2O3/c1-14-12-22(13-15(2)25-14)20(24)17-8-10-18(11-9-17)21-19(23)16-6-4-3-5-7-16/h3-11,14-15H,12-13H2,1-2H3,(H,21,23)/t14-,15+. The van der Waals surface area contributed by atoms with Gasteiger partial charge < -0.3 is 15.0 Å². The molecule has 0 saturated carbocycles. The first-order chi connectivity index (χ1) is 12.0. The number of rotatable bonds is 3. The molecule has 5 heteroatoms. The first-order valence-corrected chi connectivity index (χ1v) is 8.44. The van der Waals surface area contributed by atoms with Crippen molar-refractivity contribution >= 4 is 17.5 Å². The number of nitrogens with one attached hydrogen (secondary N) is 1. The molecule has 5 nitrogen and oxygen atoms in total. The van der Waals surface area contributed by atoms with Gasteiger partial charge in [0.2, 0.25) is 0 Å². The lowest BCUT2D eigenvalue weighted by atomic mass is 10.1. The number of ether oxygens (including phenoxy) is 1. The molecule has 1 aliphatic heterocycles. The third-order valence-electron chi connectivity index (χ3n) is 4.13. The highest BCUT2D eigenvalue weighted by Gasteiger charge is 2.26. The fourth-order valence-corrected chi connectivity index (χ4v) is 3.02. The number of carbonyl (C=O) groups excluding carboxylic acids is 2. The minimum Gasteiger partial charge on any atom is -0.372 e. The summed E-state index contributed by atoms with van der Waals surface area (Å²) in [5.74, 6) is -0.182. The largest absolute Gasteiger partial charge is 0.372 e. The van der Waals surface area contributed by atoms with Crippen LogP contribution in [0, 0.1) is 0 Å². The van der Waals surface area contributed by atoms with E-state index in [1.807, 2.05) is 36.9 Å². The van der Waals surface area contributed by atoms with Gasteiger partial charge in [0.1, 0.15) is 0 Å². The maximum atomic E-state index is 12.6. The van der Waals surface area contributed by atoms with Crippen LogP contribution in [0.15, 0.2) is 54.6 Å². The fourth-order valence-electron chi connectivity index (χ4n) is 3.02. The lowest BCUT2D eigenvalue weighted by Crippen LogP contribution is -2.48. The van der Waals surface area contributed by atoms with Crippen LogP contribution in [-0.4, -0.2) is 42.0 Å². The number of hydrogen-bond acceptors (Lipinski definition) is 3. The molecule has 0 aromatic heterocycles. The number of anilines is 1. The number of benzene rings is 2. The molecule has 1 aliphatic rings. The van der Waals surface area contributed by atoms with E-state index in [0.29, 0.717) is 29.9 Å². The van der Waals surface area contributed by atoms with E-state index in [0.717, 1.165) is 0 Å². The van der Waals surface area contributed by atoms with Gasteiger partial charge in [-0.15, -0.1) is 0 Å². The van der Waals surface area contributed by atoms with Crippen LogP contribution in [0.5, 0.6) is 0 Å². The number of morpholine rings is 1. The summed E-state index contributed by atoms with van der Waals surface area (Å²) in [6, 6.07) is 16.0. The van der Waals surface area contributed by atoms with E-state index in [2.05, 4.69) is 5.32 Å². The number of carbonyl (C=O) groups is 2. The minimum atomic E-state index is -0.171. The normalized spacial score (nSPS) is 20.2. The van der Waals surface area contributed by atoms with Gasteiger partial charge >= 0.3 is 0 Å². The lowest BCUT2D eigenvalue weighted by molar-refractivity contribution is -0.0586. The van der Waals surface area contributed by atoms with Crippen LogP contribution in [0.4, 0.5) is 5.69 Å². The Kier molecular flexibility index (Phi) is 5.14. The molecular formula is C20H22N2O3. The number of nitrogens with zero attached hydrogens (tertiary/aromatic N) is 1. The Hall–Kier alpha value is -2.66. The summed E-state index contributed by atoms with van der Waals surface area (Å²) in [7, 11) is 0. The Bertz CT molecular complexity index is 733. The van der Waals surface area contributed by atoms with Gasteiger partial charge in [-0.25, -0.2) is 0 Å². The zero-order valence-corrected chi connectivity index (χ0v) is 14.4. The topological polar surface area (TPSA) is 58.6 Å². The van der Waals surface area contributed by atoms with Gasteiger partial charge in [0.05, 0.1) is 12.2 Å². The molecular weight excluding hydrogens is 316 g/mol. The molecule has 0 aliphatic carbocycles. The monoisotopic (exact) mass is 338 g/mol. The van der Waals surface area contributed by atoms with Crippen LogP contribution in [0.25, 0.3) is 0 Å². The van der Waals surface area contributed by atoms with E-state index in [9.17, 15) is 9.59 Å². The van der Waals surface area contributed by atoms with Gasteiger partial charge in [-0.2, -0.15) is 0 Å². The molecule has 25 heavy (non-hydrogen) atoms. The van der Waals surface area contributed by atoms with Gasteiger partial charge in [0.25, 0.3) is 11.8 Å². The molecule has 0 spiro atoms. The summed E-state index contributed by atoms with van der Waals surface area (Å²) < 4.78 is 5.67. The molecule has 0 unspecified atom stereocenters. The van der Waals surface area contributed by atoms with E-state index in [4.69, 9.17) is 4.74 Å². The number of amides is 2. The van der Waals surface area contributed by atoms with E-state index in [-0.39, 0.29) is 24.0 Å². The molecule has 130 valence electrons. The van der Waals surface area contributed by atoms with Crippen molar-refractivity contribution in [1.82, 2.24) is 4.90 Å². The van der Waals surface area contributed by atoms with Crippen LogP contribution < -0.4 is 5.32 Å². The first kappa shape index (κ1) is 17.2. The van der Waals surface area contributed by atoms with Crippen molar-refractivity contribution in [3.63, 3.8) is 0 Å². The predicted molar refractivity (Wildman–Crippen MR) is 96.7 cm³/mol. The molecule has 1 saturated heterocycles. The molecule has 3 rings (SSSR count). The van der Waals surface area contributed by atoms with E-state index < -0.39 is 0 Å². The second-order valence-electron chi connectivity index (χ2n) is 6.36. The lowest BCUT2D eigenvalue weighted by Gasteiger charge is -2.35. The summed E-state index contributed by atoms with van der Waals surface area (Å²) in [5.41, 5.74) is 1.87. The summed E-state index contributed by atoms with van der Waals surface area (Å²) in [4.78, 5) is 26.6. The summed E-state index contributed by atoms with van der Waals surface area (Å²) in [6.45, 7) is 5.13. The van der Waals surface area contributed by atoms with Crippen molar-refractivity contribution in [1.29, 1.82) is 0 Å². The molecule has 0 radical (unpaired) electrons. The Morgan fingerprint density at radius 1 is 0.920 bits per heavy atom. The minimum absolute atomic E-state index is 0.0112. The molecule has 2 aromatic rings. The maximum Gasteiger partial charge on any atom is 0.255 e. The molecule has 1 fully saturated rings. The molecule has 0 bridgehead atoms. The Morgan fingerprint density at radius 3 is 2.12 bits per heavy atom. The average Bonchev–Trinajstić information content (AvgIpc) is 2.61. The van der Waals surface area contributed by atoms with Crippen molar-refractivity contribution in [3.05, 3.63) is 65.7 Å². The Morgan fingerprint density at radius 2 is 1.52 bits per heavy atom. The van der Waals surface area contributed by atoms with E-state index in [1.54, 1.807) is 36.4 Å². The van der Waals surface area contributed by atoms with E-state index >= 15 is 0 Å². The fraction of sp³-hybridized carbons (Fsp3) is 0.300. The van der Waals surface area contributed by atoms with Crippen molar-refractivity contribution in [2.24, 2.45) is 0 Å². The Balaban J connectivity index is 1.66. The summed E-state index contributed by atoms with van der Waals surface area (Å²) in [5, 5.41) is 2.83. The quantitative estimate of drug-likeness (QED) is 0.935. The Labute approximate surface area is 147 Å². The zero-order chi connectivity index (χ0) is 17.8. The smallest absolute Gasteiger partial charge is 0.255 e. The van der Waals surface area contributed by atoms with Crippen LogP contribution in [0.3, 0.4) is 0 Å². The van der Waals surface area contributed by atoms with Gasteiger partial charge in [0.15, 0.2) is 0 Å². The SMILES string of the molecule is C[C@@H]1CN(C(=O)c2ccc(NC(=O)c3ccccc3)cc2)C[C@H](C)O1. The average molecular weight is 338 g/mol. The summed E-state index contributed by atoms with van der Waals surface area (Å²) >= 11 is 0. The van der Waals surface area contributed by atoms with Crippen LogP contribution in [0.1, 0.15) is 34.6 Å². The van der Waals surface area contributed by atoms with Crippen molar-refractivity contribution in [3.8, 4) is 0 Å². The third-order valence-corrected chi connectivity index (χ3v) is 4.13. The van der Waals surface area contributed by atoms with Crippen molar-refractivity contribution < 1.29 is 14.3 Å². The van der Waals surface area contributed by atoms with Crippen LogP contribution >= 0.6 is 0 Å². The predicted octanol–water partition coefficient (Wildman–Crippen LogP) is 3.19. The highest BCUT2D eigenvalue weighted by Crippen LogP contribution is 2.17. The molecule has 1 N–H and O–H groups in total. The second kappa shape index (κ2) is 7.49. The van der Waals surface area contributed by atoms with Crippen LogP contribution in [0.2, 0.25) is 0 Å².